The summed E-state index contributed by atoms with van der Waals surface area (Å²) in [6.07, 6.45) is 1.52. The second kappa shape index (κ2) is 5.53. The Morgan fingerprint density at radius 1 is 1.17 bits per heavy atom. The van der Waals surface area contributed by atoms with Gasteiger partial charge in [0.05, 0.1) is 11.3 Å². The number of carbonyl (C=O) groups excluding carboxylic acids is 1. The minimum Gasteiger partial charge on any atom is -0.365 e. The Labute approximate surface area is 104 Å². The number of amides is 1. The zero-order chi connectivity index (χ0) is 12.8. The van der Waals surface area contributed by atoms with Gasteiger partial charge in [-0.3, -0.25) is 10.2 Å². The predicted octanol–water partition coefficient (Wildman–Crippen LogP) is 2.29. The Kier molecular flexibility index (Phi) is 3.60. The predicted molar refractivity (Wildman–Crippen MR) is 67.3 cm³/mol. The molecule has 90 valence electrons. The van der Waals surface area contributed by atoms with E-state index in [0.29, 0.717) is 0 Å². The number of benzene rings is 1. The van der Waals surface area contributed by atoms with Crippen LogP contribution in [0.4, 0.5) is 11.5 Å². The van der Waals surface area contributed by atoms with Crippen LogP contribution in [0.15, 0.2) is 59.0 Å². The van der Waals surface area contributed by atoms with Crippen molar-refractivity contribution in [3.05, 3.63) is 54.2 Å². The lowest BCUT2D eigenvalue weighted by atomic mass is 10.2. The van der Waals surface area contributed by atoms with Crippen molar-refractivity contribution in [2.45, 2.75) is 0 Å². The summed E-state index contributed by atoms with van der Waals surface area (Å²) < 4.78 is 0. The molecule has 0 saturated heterocycles. The Morgan fingerprint density at radius 2 is 1.94 bits per heavy atom. The molecule has 3 N–H and O–H groups in total. The van der Waals surface area contributed by atoms with Gasteiger partial charge < -0.3 is 5.73 Å². The molecule has 1 aromatic heterocycles. The number of hydrogen-bond donors (Lipinski definition) is 2. The lowest BCUT2D eigenvalue weighted by molar-refractivity contribution is 0.100. The van der Waals surface area contributed by atoms with Crippen molar-refractivity contribution in [1.82, 2.24) is 4.98 Å². The van der Waals surface area contributed by atoms with Crippen molar-refractivity contribution in [3.8, 4) is 0 Å². The van der Waals surface area contributed by atoms with E-state index in [0.717, 1.165) is 5.69 Å². The third-order valence-corrected chi connectivity index (χ3v) is 2.15. The van der Waals surface area contributed by atoms with E-state index in [2.05, 4.69) is 20.7 Å². The maximum absolute atomic E-state index is 11.1. The van der Waals surface area contributed by atoms with E-state index in [9.17, 15) is 4.79 Å². The summed E-state index contributed by atoms with van der Waals surface area (Å²) in [6, 6.07) is 12.5. The molecule has 2 rings (SSSR count). The molecule has 0 aliphatic rings. The molecule has 1 aromatic carbocycles. The molecule has 18 heavy (non-hydrogen) atoms. The third-order valence-electron chi connectivity index (χ3n) is 2.15. The van der Waals surface area contributed by atoms with E-state index >= 15 is 0 Å². The van der Waals surface area contributed by atoms with Crippen LogP contribution >= 0.6 is 0 Å². The van der Waals surface area contributed by atoms with Gasteiger partial charge in [-0.2, -0.15) is 0 Å². The SMILES string of the molecule is NC(=O)c1cccnc1/N=N/Nc1ccccc1. The highest BCUT2D eigenvalue weighted by Gasteiger charge is 2.07. The molecular weight excluding hydrogens is 230 g/mol. The highest BCUT2D eigenvalue weighted by Crippen LogP contribution is 2.15. The van der Waals surface area contributed by atoms with E-state index in [1.54, 1.807) is 12.1 Å². The second-order valence-corrected chi connectivity index (χ2v) is 3.42. The molecule has 0 unspecified atom stereocenters. The normalized spacial score (nSPS) is 10.4. The van der Waals surface area contributed by atoms with Crippen LogP contribution in [0.25, 0.3) is 0 Å². The van der Waals surface area contributed by atoms with E-state index < -0.39 is 5.91 Å². The summed E-state index contributed by atoms with van der Waals surface area (Å²) in [5.74, 6) is -0.398. The van der Waals surface area contributed by atoms with Gasteiger partial charge in [-0.25, -0.2) is 4.98 Å². The van der Waals surface area contributed by atoms with Gasteiger partial charge in [-0.05, 0) is 24.3 Å². The fourth-order valence-electron chi connectivity index (χ4n) is 1.31. The average Bonchev–Trinajstić information content (AvgIpc) is 2.40. The molecule has 1 heterocycles. The van der Waals surface area contributed by atoms with Crippen molar-refractivity contribution in [3.63, 3.8) is 0 Å². The molecule has 0 radical (unpaired) electrons. The Bertz CT molecular complexity index is 568. The fraction of sp³-hybridized carbons (Fsp3) is 0. The van der Waals surface area contributed by atoms with E-state index in [-0.39, 0.29) is 11.4 Å². The molecule has 0 fully saturated rings. The highest BCUT2D eigenvalue weighted by molar-refractivity contribution is 5.96. The number of rotatable bonds is 4. The molecule has 2 aromatic rings. The number of pyridine rings is 1. The zero-order valence-corrected chi connectivity index (χ0v) is 9.45. The average molecular weight is 241 g/mol. The van der Waals surface area contributed by atoms with Crippen LogP contribution in [-0.4, -0.2) is 10.9 Å². The number of hydrogen-bond acceptors (Lipinski definition) is 4. The van der Waals surface area contributed by atoms with Gasteiger partial charge in [0.1, 0.15) is 0 Å². The molecule has 0 spiro atoms. The van der Waals surface area contributed by atoms with E-state index in [1.807, 2.05) is 30.3 Å². The van der Waals surface area contributed by atoms with Gasteiger partial charge in [0.2, 0.25) is 0 Å². The summed E-state index contributed by atoms with van der Waals surface area (Å²) in [6.45, 7) is 0. The maximum Gasteiger partial charge on any atom is 0.252 e. The van der Waals surface area contributed by atoms with Crippen LogP contribution in [0, 0.1) is 0 Å². The molecule has 0 aliphatic carbocycles. The molecule has 0 bridgehead atoms. The summed E-state index contributed by atoms with van der Waals surface area (Å²) in [4.78, 5) is 15.0. The van der Waals surface area contributed by atoms with Crippen LogP contribution < -0.4 is 11.2 Å². The van der Waals surface area contributed by atoms with Crippen LogP contribution in [-0.2, 0) is 0 Å². The van der Waals surface area contributed by atoms with Gasteiger partial charge in [0.25, 0.3) is 5.91 Å². The van der Waals surface area contributed by atoms with E-state index in [1.165, 1.54) is 6.20 Å². The van der Waals surface area contributed by atoms with Crippen LogP contribution in [0.3, 0.4) is 0 Å². The van der Waals surface area contributed by atoms with Crippen LogP contribution in [0.1, 0.15) is 10.4 Å². The maximum atomic E-state index is 11.1. The highest BCUT2D eigenvalue weighted by atomic mass is 16.1. The fourth-order valence-corrected chi connectivity index (χ4v) is 1.31. The number of nitrogens with zero attached hydrogens (tertiary/aromatic N) is 3. The first kappa shape index (κ1) is 11.7. The van der Waals surface area contributed by atoms with Crippen molar-refractivity contribution in [2.75, 3.05) is 5.43 Å². The summed E-state index contributed by atoms with van der Waals surface area (Å²) in [7, 11) is 0. The monoisotopic (exact) mass is 241 g/mol. The number of anilines is 1. The summed E-state index contributed by atoms with van der Waals surface area (Å²) >= 11 is 0. The quantitative estimate of drug-likeness (QED) is 0.635. The zero-order valence-electron chi connectivity index (χ0n) is 9.45. The van der Waals surface area contributed by atoms with Crippen LogP contribution in [0.5, 0.6) is 0 Å². The van der Waals surface area contributed by atoms with Crippen molar-refractivity contribution >= 4 is 17.4 Å². The van der Waals surface area contributed by atoms with Crippen molar-refractivity contribution in [2.24, 2.45) is 16.1 Å². The number of para-hydroxylation sites is 1. The second-order valence-electron chi connectivity index (χ2n) is 3.42. The van der Waals surface area contributed by atoms with E-state index in [4.69, 9.17) is 5.73 Å². The standard InChI is InChI=1S/C12H11N5O/c13-11(18)10-7-4-8-14-12(10)16-17-15-9-5-2-1-3-6-9/h1-8H,(H2,13,18)(H,14,15,16). The number of nitrogens with two attached hydrogens (primary N) is 1. The number of aromatic nitrogens is 1. The first-order chi connectivity index (χ1) is 8.77. The molecule has 1 amide bonds. The largest absolute Gasteiger partial charge is 0.365 e. The first-order valence-corrected chi connectivity index (χ1v) is 5.24. The van der Waals surface area contributed by atoms with Gasteiger partial charge >= 0.3 is 0 Å². The first-order valence-electron chi connectivity index (χ1n) is 5.24. The molecule has 6 heteroatoms. The molecule has 6 nitrogen and oxygen atoms in total. The summed E-state index contributed by atoms with van der Waals surface area (Å²) in [5.41, 5.74) is 8.94. The molecule has 0 atom stereocenters. The minimum atomic E-state index is -0.586. The number of nitrogens with one attached hydrogen (secondary N) is 1. The smallest absolute Gasteiger partial charge is 0.252 e. The Balaban J connectivity index is 2.12. The Hall–Kier alpha value is -2.76. The lowest BCUT2D eigenvalue weighted by Crippen LogP contribution is -2.11. The van der Waals surface area contributed by atoms with Crippen LogP contribution in [0.2, 0.25) is 0 Å². The van der Waals surface area contributed by atoms with Gasteiger partial charge in [-0.1, -0.05) is 23.4 Å². The van der Waals surface area contributed by atoms with Crippen molar-refractivity contribution < 1.29 is 4.79 Å². The third kappa shape index (κ3) is 2.88. The topological polar surface area (TPSA) is 92.7 Å². The van der Waals surface area contributed by atoms with Gasteiger partial charge in [-0.15, -0.1) is 5.11 Å². The summed E-state index contributed by atoms with van der Waals surface area (Å²) in [5, 5.41) is 7.58. The number of primary amides is 1. The minimum absolute atomic E-state index is 0.188. The molecule has 0 aliphatic heterocycles. The number of carbonyl (C=O) groups is 1. The molecular formula is C12H11N5O. The molecule has 0 saturated carbocycles. The Morgan fingerprint density at radius 3 is 2.67 bits per heavy atom. The lowest BCUT2D eigenvalue weighted by Gasteiger charge is -1.99. The van der Waals surface area contributed by atoms with Gasteiger partial charge in [0.15, 0.2) is 5.82 Å². The van der Waals surface area contributed by atoms with Gasteiger partial charge in [0, 0.05) is 6.20 Å². The van der Waals surface area contributed by atoms with Crippen molar-refractivity contribution in [1.29, 1.82) is 0 Å².